The Morgan fingerprint density at radius 3 is 2.76 bits per heavy atom. The average molecular weight is 422 g/mol. The van der Waals surface area contributed by atoms with E-state index in [9.17, 15) is 4.79 Å². The number of carbonyl (C=O) groups is 1. The average Bonchev–Trinajstić information content (AvgIpc) is 3.36. The molecule has 0 N–H and O–H groups in total. The Morgan fingerprint density at radius 2 is 2.08 bits per heavy atom. The summed E-state index contributed by atoms with van der Waals surface area (Å²) >= 11 is 4.86. The van der Waals surface area contributed by atoms with Gasteiger partial charge in [0.05, 0.1) is 12.8 Å². The SMILES string of the molecule is O=C(c1ccc(Br)o1)N1CCN(Cc2nc(-c3ccco3)cs2)CC1. The lowest BCUT2D eigenvalue weighted by Crippen LogP contribution is -2.48. The number of thiazole rings is 1. The number of piperazine rings is 1. The van der Waals surface area contributed by atoms with Gasteiger partial charge in [0.25, 0.3) is 5.91 Å². The number of hydrogen-bond donors (Lipinski definition) is 0. The van der Waals surface area contributed by atoms with Gasteiger partial charge < -0.3 is 13.7 Å². The minimum absolute atomic E-state index is 0.0558. The zero-order valence-corrected chi connectivity index (χ0v) is 15.8. The molecule has 6 nitrogen and oxygen atoms in total. The predicted molar refractivity (Wildman–Crippen MR) is 97.4 cm³/mol. The first-order valence-corrected chi connectivity index (χ1v) is 9.61. The number of carbonyl (C=O) groups excluding carboxylic acids is 1. The fraction of sp³-hybridized carbons (Fsp3) is 0.294. The highest BCUT2D eigenvalue weighted by molar-refractivity contribution is 9.10. The number of nitrogens with zero attached hydrogens (tertiary/aromatic N) is 3. The lowest BCUT2D eigenvalue weighted by atomic mass is 10.3. The zero-order chi connectivity index (χ0) is 17.2. The molecule has 4 heterocycles. The van der Waals surface area contributed by atoms with Crippen molar-refractivity contribution in [3.63, 3.8) is 0 Å². The Hall–Kier alpha value is -1.90. The van der Waals surface area contributed by atoms with Gasteiger partial charge in [-0.25, -0.2) is 4.98 Å². The molecule has 0 spiro atoms. The first-order chi connectivity index (χ1) is 12.2. The summed E-state index contributed by atoms with van der Waals surface area (Å²) < 4.78 is 11.3. The van der Waals surface area contributed by atoms with Crippen LogP contribution >= 0.6 is 27.3 Å². The highest BCUT2D eigenvalue weighted by atomic mass is 79.9. The third-order valence-electron chi connectivity index (χ3n) is 4.13. The number of halogens is 1. The lowest BCUT2D eigenvalue weighted by Gasteiger charge is -2.33. The summed E-state index contributed by atoms with van der Waals surface area (Å²) in [6, 6.07) is 7.21. The number of amides is 1. The highest BCUT2D eigenvalue weighted by Crippen LogP contribution is 2.23. The Kier molecular flexibility index (Phi) is 4.74. The molecule has 0 atom stereocenters. The minimum atomic E-state index is -0.0558. The van der Waals surface area contributed by atoms with Crippen LogP contribution in [0.3, 0.4) is 0 Å². The molecule has 3 aromatic heterocycles. The van der Waals surface area contributed by atoms with E-state index in [1.807, 2.05) is 22.4 Å². The van der Waals surface area contributed by atoms with Crippen molar-refractivity contribution < 1.29 is 13.6 Å². The van der Waals surface area contributed by atoms with Gasteiger partial charge in [-0.15, -0.1) is 11.3 Å². The molecule has 1 amide bonds. The number of aromatic nitrogens is 1. The Labute approximate surface area is 157 Å². The van der Waals surface area contributed by atoms with E-state index in [4.69, 9.17) is 8.83 Å². The van der Waals surface area contributed by atoms with Crippen LogP contribution in [0.1, 0.15) is 15.6 Å². The van der Waals surface area contributed by atoms with Gasteiger partial charge in [-0.3, -0.25) is 9.69 Å². The third-order valence-corrected chi connectivity index (χ3v) is 5.39. The fourth-order valence-corrected chi connectivity index (χ4v) is 3.94. The smallest absolute Gasteiger partial charge is 0.289 e. The van der Waals surface area contributed by atoms with Crippen LogP contribution in [0.4, 0.5) is 0 Å². The minimum Gasteiger partial charge on any atom is -0.463 e. The van der Waals surface area contributed by atoms with Crippen LogP contribution in [0, 0.1) is 0 Å². The van der Waals surface area contributed by atoms with Crippen molar-refractivity contribution in [1.82, 2.24) is 14.8 Å². The molecule has 25 heavy (non-hydrogen) atoms. The third kappa shape index (κ3) is 3.70. The van der Waals surface area contributed by atoms with Crippen LogP contribution in [0.15, 0.2) is 49.4 Å². The van der Waals surface area contributed by atoms with Crippen LogP contribution in [0.2, 0.25) is 0 Å². The molecule has 1 fully saturated rings. The van der Waals surface area contributed by atoms with Crippen LogP contribution in [-0.2, 0) is 6.54 Å². The molecular weight excluding hydrogens is 406 g/mol. The van der Waals surface area contributed by atoms with E-state index >= 15 is 0 Å². The first-order valence-electron chi connectivity index (χ1n) is 7.94. The second-order valence-electron chi connectivity index (χ2n) is 5.78. The van der Waals surface area contributed by atoms with Gasteiger partial charge in [-0.1, -0.05) is 0 Å². The fourth-order valence-electron chi connectivity index (χ4n) is 2.81. The number of rotatable bonds is 4. The summed E-state index contributed by atoms with van der Waals surface area (Å²) in [4.78, 5) is 21.2. The van der Waals surface area contributed by atoms with Crippen molar-refractivity contribution in [2.45, 2.75) is 6.54 Å². The topological polar surface area (TPSA) is 62.7 Å². The highest BCUT2D eigenvalue weighted by Gasteiger charge is 2.24. The second kappa shape index (κ2) is 7.15. The van der Waals surface area contributed by atoms with E-state index in [2.05, 4.69) is 25.8 Å². The van der Waals surface area contributed by atoms with E-state index < -0.39 is 0 Å². The van der Waals surface area contributed by atoms with Crippen LogP contribution in [-0.4, -0.2) is 46.9 Å². The largest absolute Gasteiger partial charge is 0.463 e. The van der Waals surface area contributed by atoms with Gasteiger partial charge in [-0.2, -0.15) is 0 Å². The van der Waals surface area contributed by atoms with E-state index in [1.54, 1.807) is 29.7 Å². The van der Waals surface area contributed by atoms with Crippen molar-refractivity contribution >= 4 is 33.2 Å². The molecule has 0 saturated carbocycles. The maximum absolute atomic E-state index is 12.4. The van der Waals surface area contributed by atoms with Gasteiger partial charge >= 0.3 is 0 Å². The summed E-state index contributed by atoms with van der Waals surface area (Å²) in [5.41, 5.74) is 0.877. The van der Waals surface area contributed by atoms with Crippen molar-refractivity contribution in [3.05, 3.63) is 51.3 Å². The molecule has 0 aliphatic carbocycles. The number of furan rings is 2. The van der Waals surface area contributed by atoms with Crippen molar-refractivity contribution in [2.24, 2.45) is 0 Å². The molecule has 0 radical (unpaired) electrons. The van der Waals surface area contributed by atoms with Gasteiger partial charge in [0.1, 0.15) is 10.7 Å². The van der Waals surface area contributed by atoms with E-state index in [0.29, 0.717) is 23.5 Å². The van der Waals surface area contributed by atoms with E-state index in [-0.39, 0.29) is 5.91 Å². The molecule has 0 bridgehead atoms. The molecule has 1 aliphatic heterocycles. The molecule has 0 unspecified atom stereocenters. The summed E-state index contributed by atoms with van der Waals surface area (Å²) in [6.07, 6.45) is 1.65. The van der Waals surface area contributed by atoms with Gasteiger partial charge in [0.15, 0.2) is 16.2 Å². The van der Waals surface area contributed by atoms with Crippen molar-refractivity contribution in [3.8, 4) is 11.5 Å². The summed E-state index contributed by atoms with van der Waals surface area (Å²) in [7, 11) is 0. The molecule has 8 heteroatoms. The van der Waals surface area contributed by atoms with E-state index in [1.165, 1.54) is 0 Å². The van der Waals surface area contributed by atoms with Gasteiger partial charge in [0, 0.05) is 31.6 Å². The van der Waals surface area contributed by atoms with Gasteiger partial charge in [-0.05, 0) is 40.2 Å². The molecule has 0 aromatic carbocycles. The maximum Gasteiger partial charge on any atom is 0.289 e. The number of hydrogen-bond acceptors (Lipinski definition) is 6. The summed E-state index contributed by atoms with van der Waals surface area (Å²) in [5.74, 6) is 1.12. The molecule has 1 aliphatic rings. The molecule has 130 valence electrons. The standard InChI is InChI=1S/C17H16BrN3O3S/c18-15-4-3-14(24-15)17(22)21-7-5-20(6-8-21)10-16-19-12(11-25-16)13-2-1-9-23-13/h1-4,9,11H,5-8,10H2. The molecule has 1 saturated heterocycles. The molecule has 3 aromatic rings. The second-order valence-corrected chi connectivity index (χ2v) is 7.50. The maximum atomic E-state index is 12.4. The van der Waals surface area contributed by atoms with Crippen LogP contribution < -0.4 is 0 Å². The predicted octanol–water partition coefficient (Wildman–Crippen LogP) is 3.72. The monoisotopic (exact) mass is 421 g/mol. The lowest BCUT2D eigenvalue weighted by molar-refractivity contribution is 0.0596. The Balaban J connectivity index is 1.32. The Morgan fingerprint density at radius 1 is 1.24 bits per heavy atom. The zero-order valence-electron chi connectivity index (χ0n) is 13.4. The molecule has 4 rings (SSSR count). The first kappa shape index (κ1) is 16.6. The molecular formula is C17H16BrN3O3S. The Bertz CT molecular complexity index is 850. The quantitative estimate of drug-likeness (QED) is 0.642. The van der Waals surface area contributed by atoms with Crippen molar-refractivity contribution in [1.29, 1.82) is 0 Å². The van der Waals surface area contributed by atoms with Crippen molar-refractivity contribution in [2.75, 3.05) is 26.2 Å². The van der Waals surface area contributed by atoms with Crippen LogP contribution in [0.25, 0.3) is 11.5 Å². The normalized spacial score (nSPS) is 15.6. The van der Waals surface area contributed by atoms with Crippen LogP contribution in [0.5, 0.6) is 0 Å². The summed E-state index contributed by atoms with van der Waals surface area (Å²) in [6.45, 7) is 3.81. The van der Waals surface area contributed by atoms with Gasteiger partial charge in [0.2, 0.25) is 0 Å². The summed E-state index contributed by atoms with van der Waals surface area (Å²) in [5, 5.41) is 3.07. The van der Waals surface area contributed by atoms with E-state index in [0.717, 1.165) is 36.1 Å².